The first-order chi connectivity index (χ1) is 7.59. The Labute approximate surface area is 147 Å². The van der Waals surface area contributed by atoms with Crippen molar-refractivity contribution in [2.24, 2.45) is 0 Å². The van der Waals surface area contributed by atoms with E-state index in [4.69, 9.17) is 10.2 Å². The Hall–Kier alpha value is -0.430. The van der Waals surface area contributed by atoms with Crippen LogP contribution in [0.2, 0.25) is 0 Å². The molecule has 1 aromatic heterocycles. The number of aromatic nitrogens is 1. The van der Waals surface area contributed by atoms with Crippen LogP contribution in [0.25, 0.3) is 10.9 Å². The van der Waals surface area contributed by atoms with Crippen molar-refractivity contribution in [2.75, 3.05) is 0 Å². The van der Waals surface area contributed by atoms with Crippen molar-refractivity contribution in [3.63, 3.8) is 0 Å². The fraction of sp³-hybridized carbons (Fsp3) is 0. The predicted molar refractivity (Wildman–Crippen MR) is 70.0 cm³/mol. The minimum atomic E-state index is -1.18. The van der Waals surface area contributed by atoms with Gasteiger partial charge in [0.2, 0.25) is 0 Å². The van der Waals surface area contributed by atoms with Crippen LogP contribution in [0.5, 0.6) is 0 Å². The van der Waals surface area contributed by atoms with Gasteiger partial charge in [0.25, 0.3) is 0 Å². The number of pyridine rings is 1. The minimum absolute atomic E-state index is 0. The second-order valence-corrected chi connectivity index (χ2v) is 3.18. The molecular weight excluding hydrogens is 256 g/mol. The summed E-state index contributed by atoms with van der Waals surface area (Å²) in [6.07, 6.45) is 0. The van der Waals surface area contributed by atoms with Gasteiger partial charge in [-0.3, -0.25) is 0 Å². The summed E-state index contributed by atoms with van der Waals surface area (Å²) in [5.74, 6) is -2.30. The molecule has 5 nitrogen and oxygen atoms in total. The molecule has 2 aromatic rings. The van der Waals surface area contributed by atoms with Gasteiger partial charge in [-0.25, -0.2) is 14.6 Å². The van der Waals surface area contributed by atoms with Crippen LogP contribution < -0.4 is 0 Å². The van der Waals surface area contributed by atoms with Crippen molar-refractivity contribution in [1.29, 1.82) is 0 Å². The number of hydrogen-bond acceptors (Lipinski definition) is 3. The molecule has 0 atom stereocenters. The van der Waals surface area contributed by atoms with E-state index in [1.807, 2.05) is 0 Å². The molecule has 0 fully saturated rings. The van der Waals surface area contributed by atoms with Gasteiger partial charge in [0, 0.05) is 5.39 Å². The van der Waals surface area contributed by atoms with E-state index in [1.54, 1.807) is 12.1 Å². The molecule has 2 rings (SSSR count). The SMILES string of the molecule is O=C(O)c1ccc2cccc(C(=O)O)c2n1.[NaH].[NaH]. The Morgan fingerprint density at radius 1 is 0.944 bits per heavy atom. The third-order valence-electron chi connectivity index (χ3n) is 2.17. The first-order valence-corrected chi connectivity index (χ1v) is 4.46. The zero-order valence-electron chi connectivity index (χ0n) is 8.04. The topological polar surface area (TPSA) is 87.5 Å². The average Bonchev–Trinajstić information content (AvgIpc) is 2.27. The molecular formula is C11H9NNa2O4. The number of rotatable bonds is 2. The number of carboxylic acids is 2. The normalized spacial score (nSPS) is 9.11. The Bertz CT molecular complexity index is 601. The quantitative estimate of drug-likeness (QED) is 0.764. The zero-order valence-corrected chi connectivity index (χ0v) is 8.04. The maximum atomic E-state index is 10.9. The molecule has 84 valence electrons. The summed E-state index contributed by atoms with van der Waals surface area (Å²) in [6, 6.07) is 7.55. The van der Waals surface area contributed by atoms with Gasteiger partial charge in [-0.1, -0.05) is 18.2 Å². The number of benzene rings is 1. The monoisotopic (exact) mass is 265 g/mol. The van der Waals surface area contributed by atoms with E-state index in [0.29, 0.717) is 5.39 Å². The molecule has 0 saturated heterocycles. The molecule has 7 heteroatoms. The summed E-state index contributed by atoms with van der Waals surface area (Å²) in [6.45, 7) is 0. The fourth-order valence-electron chi connectivity index (χ4n) is 1.44. The summed E-state index contributed by atoms with van der Waals surface area (Å²) in [5.41, 5.74) is 0.0247. The molecule has 0 radical (unpaired) electrons. The van der Waals surface area contributed by atoms with Crippen LogP contribution in [-0.2, 0) is 0 Å². The van der Waals surface area contributed by atoms with Crippen LogP contribution in [0.15, 0.2) is 30.3 Å². The van der Waals surface area contributed by atoms with Crippen LogP contribution in [0.1, 0.15) is 20.8 Å². The molecule has 0 unspecified atom stereocenters. The maximum absolute atomic E-state index is 10.9. The van der Waals surface area contributed by atoms with E-state index in [2.05, 4.69) is 4.98 Å². The van der Waals surface area contributed by atoms with Gasteiger partial charge in [-0.2, -0.15) is 0 Å². The van der Waals surface area contributed by atoms with Crippen molar-refractivity contribution in [3.05, 3.63) is 41.6 Å². The van der Waals surface area contributed by atoms with Crippen molar-refractivity contribution >= 4 is 82.0 Å². The Morgan fingerprint density at radius 2 is 1.61 bits per heavy atom. The summed E-state index contributed by atoms with van der Waals surface area (Å²) in [4.78, 5) is 25.4. The van der Waals surface area contributed by atoms with Crippen LogP contribution >= 0.6 is 0 Å². The molecule has 1 heterocycles. The summed E-state index contributed by atoms with van der Waals surface area (Å²) in [7, 11) is 0. The molecule has 0 aliphatic heterocycles. The molecule has 0 aliphatic carbocycles. The van der Waals surface area contributed by atoms with Crippen molar-refractivity contribution < 1.29 is 19.8 Å². The van der Waals surface area contributed by atoms with Crippen LogP contribution in [-0.4, -0.2) is 86.3 Å². The zero-order chi connectivity index (χ0) is 11.7. The van der Waals surface area contributed by atoms with Gasteiger partial charge in [-0.15, -0.1) is 0 Å². The number of nitrogens with zero attached hydrogens (tertiary/aromatic N) is 1. The third-order valence-corrected chi connectivity index (χ3v) is 2.17. The van der Waals surface area contributed by atoms with Crippen LogP contribution in [0.3, 0.4) is 0 Å². The van der Waals surface area contributed by atoms with E-state index in [-0.39, 0.29) is 75.9 Å². The average molecular weight is 265 g/mol. The molecule has 0 amide bonds. The molecule has 18 heavy (non-hydrogen) atoms. The number of carbonyl (C=O) groups is 2. The second kappa shape index (κ2) is 7.23. The second-order valence-electron chi connectivity index (χ2n) is 3.18. The molecule has 0 bridgehead atoms. The molecule has 0 saturated carbocycles. The van der Waals surface area contributed by atoms with Crippen molar-refractivity contribution in [1.82, 2.24) is 4.98 Å². The summed E-state index contributed by atoms with van der Waals surface area (Å²) in [5, 5.41) is 18.3. The van der Waals surface area contributed by atoms with E-state index < -0.39 is 11.9 Å². The predicted octanol–water partition coefficient (Wildman–Crippen LogP) is 0.334. The fourth-order valence-corrected chi connectivity index (χ4v) is 1.44. The number of hydrogen-bond donors (Lipinski definition) is 2. The Kier molecular flexibility index (Phi) is 7.06. The van der Waals surface area contributed by atoms with Crippen LogP contribution in [0, 0.1) is 0 Å². The van der Waals surface area contributed by atoms with E-state index in [9.17, 15) is 9.59 Å². The van der Waals surface area contributed by atoms with Gasteiger partial charge in [0.05, 0.1) is 11.1 Å². The van der Waals surface area contributed by atoms with Gasteiger partial charge in [0.15, 0.2) is 0 Å². The molecule has 1 aromatic carbocycles. The first-order valence-electron chi connectivity index (χ1n) is 4.46. The van der Waals surface area contributed by atoms with E-state index >= 15 is 0 Å². The van der Waals surface area contributed by atoms with Crippen molar-refractivity contribution in [2.45, 2.75) is 0 Å². The van der Waals surface area contributed by atoms with Gasteiger partial charge >= 0.3 is 71.1 Å². The molecule has 0 spiro atoms. The standard InChI is InChI=1S/C11H7NO4.2Na.2H/c13-10(14)7-3-1-2-6-4-5-8(11(15)16)12-9(6)7;;;;/h1-5H,(H,13,14)(H,15,16);;;;. The summed E-state index contributed by atoms with van der Waals surface area (Å²) >= 11 is 0. The van der Waals surface area contributed by atoms with Crippen LogP contribution in [0.4, 0.5) is 0 Å². The number of para-hydroxylation sites is 1. The third kappa shape index (κ3) is 3.54. The Balaban J connectivity index is 0.00000144. The number of aromatic carboxylic acids is 2. The van der Waals surface area contributed by atoms with Gasteiger partial charge in [0.1, 0.15) is 5.69 Å². The van der Waals surface area contributed by atoms with E-state index in [1.165, 1.54) is 18.2 Å². The van der Waals surface area contributed by atoms with E-state index in [0.717, 1.165) is 0 Å². The van der Waals surface area contributed by atoms with Crippen molar-refractivity contribution in [3.8, 4) is 0 Å². The van der Waals surface area contributed by atoms with Gasteiger partial charge in [-0.05, 0) is 12.1 Å². The number of fused-ring (bicyclic) bond motifs is 1. The first kappa shape index (κ1) is 17.6. The van der Waals surface area contributed by atoms with Gasteiger partial charge < -0.3 is 10.2 Å². The summed E-state index contributed by atoms with van der Waals surface area (Å²) < 4.78 is 0. The Morgan fingerprint density at radius 3 is 2.17 bits per heavy atom. The molecule has 0 aliphatic rings. The number of carboxylic acid groups (broad SMARTS) is 2. The molecule has 2 N–H and O–H groups in total.